The molecule has 0 aliphatic heterocycles. The topological polar surface area (TPSA) is 85.1 Å². The predicted octanol–water partition coefficient (Wildman–Crippen LogP) is 2.48. The van der Waals surface area contributed by atoms with Gasteiger partial charge in [-0.1, -0.05) is 11.6 Å². The highest BCUT2D eigenvalue weighted by molar-refractivity contribution is 6.31. The number of methoxy groups -OCH3 is 1. The van der Waals surface area contributed by atoms with Gasteiger partial charge in [0.15, 0.2) is 0 Å². The van der Waals surface area contributed by atoms with Crippen molar-refractivity contribution in [1.82, 2.24) is 9.97 Å². The van der Waals surface area contributed by atoms with Gasteiger partial charge in [-0.15, -0.1) is 0 Å². The summed E-state index contributed by atoms with van der Waals surface area (Å²) < 4.78 is 5.26. The zero-order valence-electron chi connectivity index (χ0n) is 10.6. The van der Waals surface area contributed by atoms with Gasteiger partial charge in [-0.05, 0) is 25.1 Å². The lowest BCUT2D eigenvalue weighted by molar-refractivity contribution is 0.417. The summed E-state index contributed by atoms with van der Waals surface area (Å²) in [5.41, 5.74) is 4.00. The third-order valence-corrected chi connectivity index (χ3v) is 2.75. The first-order valence-electron chi connectivity index (χ1n) is 5.55. The molecule has 2 rings (SSSR count). The number of hydrogen-bond donors (Lipinski definition) is 3. The molecule has 0 aliphatic carbocycles. The van der Waals surface area contributed by atoms with E-state index in [1.807, 2.05) is 6.92 Å². The zero-order valence-corrected chi connectivity index (χ0v) is 11.3. The summed E-state index contributed by atoms with van der Waals surface area (Å²) in [5, 5.41) is 3.76. The number of hydrazine groups is 1. The molecule has 7 heteroatoms. The highest BCUT2D eigenvalue weighted by Gasteiger charge is 2.08. The fourth-order valence-electron chi connectivity index (χ4n) is 1.54. The summed E-state index contributed by atoms with van der Waals surface area (Å²) in [5.74, 6) is 6.92. The van der Waals surface area contributed by atoms with Crippen molar-refractivity contribution in [1.29, 1.82) is 0 Å². The fraction of sp³-hybridized carbons (Fsp3) is 0.167. The highest BCUT2D eigenvalue weighted by atomic mass is 35.5. The Balaban J connectivity index is 2.37. The van der Waals surface area contributed by atoms with E-state index >= 15 is 0 Å². The molecule has 19 heavy (non-hydrogen) atoms. The second-order valence-corrected chi connectivity index (χ2v) is 4.28. The largest absolute Gasteiger partial charge is 0.495 e. The Labute approximate surface area is 115 Å². The molecule has 0 aliphatic rings. The van der Waals surface area contributed by atoms with Crippen LogP contribution >= 0.6 is 11.6 Å². The molecule has 100 valence electrons. The van der Waals surface area contributed by atoms with Crippen LogP contribution in [0.15, 0.2) is 24.4 Å². The summed E-state index contributed by atoms with van der Waals surface area (Å²) in [7, 11) is 1.59. The second kappa shape index (κ2) is 5.73. The van der Waals surface area contributed by atoms with Crippen molar-refractivity contribution in [2.75, 3.05) is 17.9 Å². The first-order chi connectivity index (χ1) is 9.13. The molecule has 0 spiro atoms. The first-order valence-corrected chi connectivity index (χ1v) is 5.92. The van der Waals surface area contributed by atoms with E-state index in [2.05, 4.69) is 20.7 Å². The van der Waals surface area contributed by atoms with Gasteiger partial charge in [0.25, 0.3) is 0 Å². The Morgan fingerprint density at radius 1 is 1.37 bits per heavy atom. The molecule has 0 fully saturated rings. The van der Waals surface area contributed by atoms with E-state index in [9.17, 15) is 0 Å². The lowest BCUT2D eigenvalue weighted by atomic mass is 10.2. The third-order valence-electron chi connectivity index (χ3n) is 2.52. The maximum absolute atomic E-state index is 5.98. The average molecular weight is 280 g/mol. The Morgan fingerprint density at radius 3 is 2.84 bits per heavy atom. The molecule has 1 heterocycles. The first kappa shape index (κ1) is 13.4. The van der Waals surface area contributed by atoms with Crippen molar-refractivity contribution in [3.8, 4) is 5.75 Å². The summed E-state index contributed by atoms with van der Waals surface area (Å²) in [6.07, 6.45) is 1.67. The molecule has 0 radical (unpaired) electrons. The third kappa shape index (κ3) is 3.04. The summed E-state index contributed by atoms with van der Waals surface area (Å²) >= 11 is 5.98. The van der Waals surface area contributed by atoms with Gasteiger partial charge in [0, 0.05) is 16.8 Å². The SMILES string of the molecule is COc1ccc(Cl)cc1Nc1nc(NN)ncc1C. The van der Waals surface area contributed by atoms with Crippen LogP contribution < -0.4 is 21.3 Å². The number of nitrogens with one attached hydrogen (secondary N) is 2. The number of nitrogen functional groups attached to an aromatic ring is 1. The minimum Gasteiger partial charge on any atom is -0.495 e. The van der Waals surface area contributed by atoms with Gasteiger partial charge in [0.05, 0.1) is 12.8 Å². The van der Waals surface area contributed by atoms with Crippen LogP contribution in [-0.2, 0) is 0 Å². The quantitative estimate of drug-likeness (QED) is 0.589. The number of hydrogen-bond acceptors (Lipinski definition) is 6. The molecule has 0 bridgehead atoms. The number of nitrogens with two attached hydrogens (primary N) is 1. The number of rotatable bonds is 4. The number of aryl methyl sites for hydroxylation is 1. The van der Waals surface area contributed by atoms with Crippen LogP contribution in [0, 0.1) is 6.92 Å². The van der Waals surface area contributed by atoms with Gasteiger partial charge in [0.2, 0.25) is 5.95 Å². The number of benzene rings is 1. The van der Waals surface area contributed by atoms with Crippen molar-refractivity contribution in [2.45, 2.75) is 6.92 Å². The van der Waals surface area contributed by atoms with Gasteiger partial charge >= 0.3 is 0 Å². The van der Waals surface area contributed by atoms with Crippen molar-refractivity contribution in [3.05, 3.63) is 35.0 Å². The molecule has 0 amide bonds. The van der Waals surface area contributed by atoms with Crippen LogP contribution in [0.3, 0.4) is 0 Å². The normalized spacial score (nSPS) is 10.1. The monoisotopic (exact) mass is 279 g/mol. The van der Waals surface area contributed by atoms with Crippen molar-refractivity contribution in [3.63, 3.8) is 0 Å². The summed E-state index contributed by atoms with van der Waals surface area (Å²) in [4.78, 5) is 8.25. The maximum atomic E-state index is 5.98. The smallest absolute Gasteiger partial charge is 0.239 e. The van der Waals surface area contributed by atoms with Gasteiger partial charge in [0.1, 0.15) is 11.6 Å². The number of anilines is 3. The van der Waals surface area contributed by atoms with E-state index in [0.717, 1.165) is 11.3 Å². The standard InChI is InChI=1S/C12H14ClN5O/c1-7-6-15-12(18-14)17-11(7)16-9-5-8(13)3-4-10(9)19-2/h3-6H,14H2,1-2H3,(H2,15,16,17,18). The molecule has 1 aromatic heterocycles. The van der Waals surface area contributed by atoms with E-state index in [1.54, 1.807) is 31.5 Å². The number of nitrogens with zero attached hydrogens (tertiary/aromatic N) is 2. The summed E-state index contributed by atoms with van der Waals surface area (Å²) in [6, 6.07) is 5.30. The summed E-state index contributed by atoms with van der Waals surface area (Å²) in [6.45, 7) is 1.89. The minimum absolute atomic E-state index is 0.328. The lowest BCUT2D eigenvalue weighted by Crippen LogP contribution is -2.11. The van der Waals surface area contributed by atoms with Crippen LogP contribution in [-0.4, -0.2) is 17.1 Å². The molecule has 1 aromatic carbocycles. The molecule has 0 saturated heterocycles. The van der Waals surface area contributed by atoms with E-state index in [0.29, 0.717) is 22.5 Å². The van der Waals surface area contributed by atoms with Crippen molar-refractivity contribution < 1.29 is 4.74 Å². The van der Waals surface area contributed by atoms with Crippen LogP contribution in [0.4, 0.5) is 17.5 Å². The van der Waals surface area contributed by atoms with Crippen LogP contribution in [0.1, 0.15) is 5.56 Å². The van der Waals surface area contributed by atoms with Crippen LogP contribution in [0.25, 0.3) is 0 Å². The average Bonchev–Trinajstić information content (AvgIpc) is 2.41. The van der Waals surface area contributed by atoms with Crippen LogP contribution in [0.5, 0.6) is 5.75 Å². The van der Waals surface area contributed by atoms with E-state index < -0.39 is 0 Å². The molecule has 4 N–H and O–H groups in total. The molecular formula is C12H14ClN5O. The maximum Gasteiger partial charge on any atom is 0.239 e. The number of ether oxygens (including phenoxy) is 1. The highest BCUT2D eigenvalue weighted by Crippen LogP contribution is 2.30. The number of aromatic nitrogens is 2. The molecule has 0 saturated carbocycles. The molecule has 2 aromatic rings. The van der Waals surface area contributed by atoms with Gasteiger partial charge < -0.3 is 10.1 Å². The van der Waals surface area contributed by atoms with Gasteiger partial charge in [-0.2, -0.15) is 4.98 Å². The van der Waals surface area contributed by atoms with Gasteiger partial charge in [-0.3, -0.25) is 5.43 Å². The Bertz CT molecular complexity index is 590. The minimum atomic E-state index is 0.328. The van der Waals surface area contributed by atoms with Crippen LogP contribution in [0.2, 0.25) is 5.02 Å². The van der Waals surface area contributed by atoms with E-state index in [-0.39, 0.29) is 0 Å². The predicted molar refractivity (Wildman–Crippen MR) is 75.9 cm³/mol. The second-order valence-electron chi connectivity index (χ2n) is 3.84. The number of halogens is 1. The molecular weight excluding hydrogens is 266 g/mol. The van der Waals surface area contributed by atoms with Gasteiger partial charge in [-0.25, -0.2) is 10.8 Å². The van der Waals surface area contributed by atoms with Crippen molar-refractivity contribution >= 4 is 29.1 Å². The molecule has 6 nitrogen and oxygen atoms in total. The lowest BCUT2D eigenvalue weighted by Gasteiger charge is -2.13. The Morgan fingerprint density at radius 2 is 2.16 bits per heavy atom. The zero-order chi connectivity index (χ0) is 13.8. The Kier molecular flexibility index (Phi) is 4.03. The Hall–Kier alpha value is -2.05. The van der Waals surface area contributed by atoms with E-state index in [4.69, 9.17) is 22.2 Å². The van der Waals surface area contributed by atoms with Crippen molar-refractivity contribution in [2.24, 2.45) is 5.84 Å². The van der Waals surface area contributed by atoms with E-state index in [1.165, 1.54) is 0 Å². The molecule has 0 unspecified atom stereocenters. The molecule has 0 atom stereocenters. The fourth-order valence-corrected chi connectivity index (χ4v) is 1.72.